The summed E-state index contributed by atoms with van der Waals surface area (Å²) in [6.45, 7) is 2.13. The largest absolute Gasteiger partial charge is 0.431 e. The molecule has 0 aliphatic heterocycles. The number of aromatic nitrogens is 4. The van der Waals surface area contributed by atoms with Crippen molar-refractivity contribution in [1.29, 1.82) is 0 Å². The first-order valence-electron chi connectivity index (χ1n) is 10.1. The molecular weight excluding hydrogens is 480 g/mol. The number of amides is 1. The second-order valence-electron chi connectivity index (χ2n) is 7.06. The van der Waals surface area contributed by atoms with Crippen LogP contribution in [0.1, 0.15) is 23.0 Å². The van der Waals surface area contributed by atoms with Crippen LogP contribution in [0.5, 0.6) is 10.9 Å². The van der Waals surface area contributed by atoms with E-state index >= 15 is 0 Å². The molecule has 0 radical (unpaired) electrons. The highest BCUT2D eigenvalue weighted by molar-refractivity contribution is 7.11. The molecule has 1 amide bonds. The molecule has 10 nitrogen and oxygen atoms in total. The molecule has 0 spiro atoms. The molecule has 0 saturated carbocycles. The number of carbonyl (C=O) groups is 1. The summed E-state index contributed by atoms with van der Waals surface area (Å²) in [5.41, 5.74) is 5.71. The molecule has 0 fully saturated rings. The van der Waals surface area contributed by atoms with Gasteiger partial charge < -0.3 is 10.5 Å². The Morgan fingerprint density at radius 1 is 1.15 bits per heavy atom. The zero-order valence-electron chi connectivity index (χ0n) is 17.9. The van der Waals surface area contributed by atoms with Gasteiger partial charge in [-0.1, -0.05) is 35.1 Å². The number of primary amides is 1. The van der Waals surface area contributed by atoms with Gasteiger partial charge in [0, 0.05) is 16.9 Å². The van der Waals surface area contributed by atoms with Crippen molar-refractivity contribution in [2.45, 2.75) is 20.0 Å². The van der Waals surface area contributed by atoms with E-state index in [2.05, 4.69) is 15.0 Å². The molecule has 174 valence electrons. The van der Waals surface area contributed by atoms with Crippen molar-refractivity contribution in [3.8, 4) is 10.9 Å². The van der Waals surface area contributed by atoms with Crippen LogP contribution in [-0.2, 0) is 13.1 Å². The van der Waals surface area contributed by atoms with Gasteiger partial charge in [-0.05, 0) is 48.9 Å². The summed E-state index contributed by atoms with van der Waals surface area (Å²) < 4.78 is 8.11. The lowest BCUT2D eigenvalue weighted by atomic mass is 10.2. The molecule has 0 aliphatic rings. The fourth-order valence-electron chi connectivity index (χ4n) is 3.06. The third-order valence-electron chi connectivity index (χ3n) is 4.76. The molecular formula is C22H19ClN6O4S. The van der Waals surface area contributed by atoms with Gasteiger partial charge in [-0.15, -0.1) is 0 Å². The summed E-state index contributed by atoms with van der Waals surface area (Å²) in [5, 5.41) is 2.36. The van der Waals surface area contributed by atoms with Crippen LogP contribution in [-0.4, -0.2) is 25.0 Å². The number of hydrogen-bond donors (Lipinski definition) is 2. The van der Waals surface area contributed by atoms with Gasteiger partial charge in [-0.3, -0.25) is 14.3 Å². The van der Waals surface area contributed by atoms with Gasteiger partial charge in [0.05, 0.1) is 12.2 Å². The van der Waals surface area contributed by atoms with Crippen LogP contribution in [0.2, 0.25) is 5.02 Å². The minimum absolute atomic E-state index is 0.106. The Morgan fingerprint density at radius 3 is 2.47 bits per heavy atom. The number of hydrogen-bond acceptors (Lipinski definition) is 7. The minimum atomic E-state index is -0.633. The fraction of sp³-hybridized carbons (Fsp3) is 0.136. The Balaban J connectivity index is 1.68. The number of benzene rings is 2. The fourth-order valence-corrected chi connectivity index (χ4v) is 3.87. The lowest BCUT2D eigenvalue weighted by molar-refractivity contribution is 0.0995. The Hall–Kier alpha value is -3.96. The molecule has 0 bridgehead atoms. The van der Waals surface area contributed by atoms with Crippen LogP contribution < -0.4 is 27.5 Å². The maximum absolute atomic E-state index is 13.0. The summed E-state index contributed by atoms with van der Waals surface area (Å²) >= 11 is 7.10. The molecule has 12 heteroatoms. The van der Waals surface area contributed by atoms with Gasteiger partial charge in [0.15, 0.2) is 0 Å². The summed E-state index contributed by atoms with van der Waals surface area (Å²) in [5.74, 6) is -0.167. The molecule has 0 saturated heterocycles. The van der Waals surface area contributed by atoms with E-state index in [1.54, 1.807) is 55.5 Å². The van der Waals surface area contributed by atoms with Gasteiger partial charge in [0.1, 0.15) is 11.4 Å². The first kappa shape index (κ1) is 23.2. The third kappa shape index (κ3) is 5.16. The monoisotopic (exact) mass is 498 g/mol. The number of aromatic amines is 1. The number of halogens is 1. The SMILES string of the molecule is CCn1c(=O)[nH]/c(=N\c2ccc(Oc3nc(C(N)=O)cs3)cc2)n(Cc2ccc(Cl)cc2)c1=O. The van der Waals surface area contributed by atoms with E-state index in [1.807, 2.05) is 0 Å². The second-order valence-corrected chi connectivity index (χ2v) is 8.32. The van der Waals surface area contributed by atoms with Crippen molar-refractivity contribution >= 4 is 34.5 Å². The number of ether oxygens (including phenoxy) is 1. The number of H-pyrrole nitrogens is 1. The number of carbonyl (C=O) groups excluding carboxylic acids is 1. The van der Waals surface area contributed by atoms with Crippen molar-refractivity contribution in [2.75, 3.05) is 0 Å². The summed E-state index contributed by atoms with van der Waals surface area (Å²) in [6.07, 6.45) is 0. The number of nitrogens with one attached hydrogen (secondary N) is 1. The second kappa shape index (κ2) is 9.89. The van der Waals surface area contributed by atoms with Crippen LogP contribution in [0.4, 0.5) is 5.69 Å². The van der Waals surface area contributed by atoms with E-state index in [0.717, 1.165) is 21.5 Å². The first-order chi connectivity index (χ1) is 16.3. The average molecular weight is 499 g/mol. The van der Waals surface area contributed by atoms with Gasteiger partial charge in [0.25, 0.3) is 11.1 Å². The van der Waals surface area contributed by atoms with Crippen molar-refractivity contribution in [1.82, 2.24) is 19.1 Å². The number of nitrogens with two attached hydrogens (primary N) is 1. The summed E-state index contributed by atoms with van der Waals surface area (Å²) in [7, 11) is 0. The Bertz CT molecular complexity index is 1520. The molecule has 4 aromatic rings. The van der Waals surface area contributed by atoms with E-state index in [9.17, 15) is 14.4 Å². The lowest BCUT2D eigenvalue weighted by Crippen LogP contribution is -2.49. The van der Waals surface area contributed by atoms with Crippen LogP contribution >= 0.6 is 22.9 Å². The van der Waals surface area contributed by atoms with Crippen molar-refractivity contribution in [2.24, 2.45) is 10.7 Å². The molecule has 0 atom stereocenters. The van der Waals surface area contributed by atoms with Gasteiger partial charge in [-0.25, -0.2) is 19.1 Å². The quantitative estimate of drug-likeness (QED) is 0.403. The summed E-state index contributed by atoms with van der Waals surface area (Å²) in [6, 6.07) is 13.7. The number of rotatable bonds is 7. The smallest absolute Gasteiger partial charge is 0.335 e. The predicted molar refractivity (Wildman–Crippen MR) is 128 cm³/mol. The lowest BCUT2D eigenvalue weighted by Gasteiger charge is -2.10. The van der Waals surface area contributed by atoms with E-state index < -0.39 is 17.3 Å². The third-order valence-corrected chi connectivity index (χ3v) is 5.73. The standard InChI is InChI=1S/C22H19ClN6O4S/c1-2-28-20(31)27-19(29(22(28)32)11-13-3-5-14(23)6-4-13)25-15-7-9-16(10-8-15)33-21-26-17(12-34-21)18(24)30/h3-10,12H,2,11H2,1H3,(H2,24,30)(H,25,27,31). The van der Waals surface area contributed by atoms with Gasteiger partial charge in [0.2, 0.25) is 5.62 Å². The van der Waals surface area contributed by atoms with E-state index in [1.165, 1.54) is 9.95 Å². The topological polar surface area (TPSA) is 137 Å². The Kier molecular flexibility index (Phi) is 6.75. The normalized spacial score (nSPS) is 11.5. The predicted octanol–water partition coefficient (Wildman–Crippen LogP) is 2.64. The first-order valence-corrected chi connectivity index (χ1v) is 11.4. The highest BCUT2D eigenvalue weighted by atomic mass is 35.5. The Labute approximate surface area is 201 Å². The van der Waals surface area contributed by atoms with Crippen LogP contribution in [0, 0.1) is 0 Å². The average Bonchev–Trinajstić information content (AvgIpc) is 3.28. The number of nitrogens with zero attached hydrogens (tertiary/aromatic N) is 4. The van der Waals surface area contributed by atoms with Crippen LogP contribution in [0.3, 0.4) is 0 Å². The van der Waals surface area contributed by atoms with Crippen LogP contribution in [0.15, 0.2) is 68.5 Å². The molecule has 2 heterocycles. The van der Waals surface area contributed by atoms with Crippen molar-refractivity contribution in [3.63, 3.8) is 0 Å². The molecule has 3 N–H and O–H groups in total. The molecule has 34 heavy (non-hydrogen) atoms. The van der Waals surface area contributed by atoms with Gasteiger partial charge in [-0.2, -0.15) is 4.98 Å². The maximum Gasteiger partial charge on any atom is 0.335 e. The van der Waals surface area contributed by atoms with E-state index in [4.69, 9.17) is 22.1 Å². The minimum Gasteiger partial charge on any atom is -0.431 e. The molecule has 0 aliphatic carbocycles. The van der Waals surface area contributed by atoms with Crippen molar-refractivity contribution in [3.05, 3.63) is 96.8 Å². The van der Waals surface area contributed by atoms with Gasteiger partial charge >= 0.3 is 11.4 Å². The highest BCUT2D eigenvalue weighted by Gasteiger charge is 2.10. The number of thiazole rings is 1. The Morgan fingerprint density at radius 2 is 1.85 bits per heavy atom. The molecule has 0 unspecified atom stereocenters. The summed E-state index contributed by atoms with van der Waals surface area (Å²) in [4.78, 5) is 47.7. The van der Waals surface area contributed by atoms with Crippen molar-refractivity contribution < 1.29 is 9.53 Å². The van der Waals surface area contributed by atoms with Crippen LogP contribution in [0.25, 0.3) is 0 Å². The molecule has 2 aromatic heterocycles. The maximum atomic E-state index is 13.0. The molecule has 2 aromatic carbocycles. The molecule has 4 rings (SSSR count). The van der Waals surface area contributed by atoms with E-state index in [-0.39, 0.29) is 29.6 Å². The zero-order valence-corrected chi connectivity index (χ0v) is 19.5. The zero-order chi connectivity index (χ0) is 24.2. The highest BCUT2D eigenvalue weighted by Crippen LogP contribution is 2.26. The van der Waals surface area contributed by atoms with E-state index in [0.29, 0.717) is 16.5 Å².